The highest BCUT2D eigenvalue weighted by Crippen LogP contribution is 2.25. The van der Waals surface area contributed by atoms with Crippen molar-refractivity contribution in [1.29, 1.82) is 0 Å². The van der Waals surface area contributed by atoms with Gasteiger partial charge < -0.3 is 24.0 Å². The first kappa shape index (κ1) is 17.4. The van der Waals surface area contributed by atoms with Gasteiger partial charge in [-0.15, -0.1) is 9.97 Å². The van der Waals surface area contributed by atoms with Crippen LogP contribution in [0.3, 0.4) is 0 Å². The average molecular weight is 374 g/mol. The van der Waals surface area contributed by atoms with E-state index in [1.807, 2.05) is 0 Å². The predicted molar refractivity (Wildman–Crippen MR) is 95.7 cm³/mol. The second kappa shape index (κ2) is 7.72. The zero-order chi connectivity index (χ0) is 18.6. The molecule has 2 fully saturated rings. The van der Waals surface area contributed by atoms with Gasteiger partial charge in [0, 0.05) is 26.2 Å². The van der Waals surface area contributed by atoms with Crippen LogP contribution in [0.2, 0.25) is 0 Å². The van der Waals surface area contributed by atoms with E-state index in [4.69, 9.17) is 14.2 Å². The van der Waals surface area contributed by atoms with E-state index in [-0.39, 0.29) is 24.0 Å². The molecule has 2 aromatic rings. The molecule has 0 amide bonds. The second-order valence-electron chi connectivity index (χ2n) is 6.30. The summed E-state index contributed by atoms with van der Waals surface area (Å²) in [5.74, 6) is 1.05. The van der Waals surface area contributed by atoms with Gasteiger partial charge in [-0.3, -0.25) is 0 Å². The molecule has 0 bridgehead atoms. The molecule has 0 spiro atoms. The van der Waals surface area contributed by atoms with Crippen molar-refractivity contribution in [1.82, 2.24) is 29.9 Å². The maximum absolute atomic E-state index is 5.73. The van der Waals surface area contributed by atoms with Crippen molar-refractivity contribution < 1.29 is 14.2 Å². The van der Waals surface area contributed by atoms with Crippen LogP contribution in [-0.4, -0.2) is 70.3 Å². The highest BCUT2D eigenvalue weighted by molar-refractivity contribution is 5.35. The van der Waals surface area contributed by atoms with Gasteiger partial charge in [-0.25, -0.2) is 0 Å². The van der Waals surface area contributed by atoms with Gasteiger partial charge in [0.1, 0.15) is 0 Å². The van der Waals surface area contributed by atoms with E-state index >= 15 is 0 Å². The topological polar surface area (TPSA) is 112 Å². The Balaban J connectivity index is 1.62. The van der Waals surface area contributed by atoms with Crippen molar-refractivity contribution in [2.45, 2.75) is 25.7 Å². The van der Waals surface area contributed by atoms with Crippen LogP contribution in [0.1, 0.15) is 25.7 Å². The minimum absolute atomic E-state index is 0.0735. The maximum atomic E-state index is 5.73. The van der Waals surface area contributed by atoms with E-state index in [9.17, 15) is 0 Å². The lowest BCUT2D eigenvalue weighted by molar-refractivity contribution is 0.337. The standard InChI is InChI=1S/C16H22N8O3/c1-25-13-17-11(23-7-3-4-8-23)19-15(21-13)27-16-20-12(18-14(22-16)26-2)24-9-5-6-10-24/h3-10H2,1-2H3. The first-order valence-corrected chi connectivity index (χ1v) is 9.03. The Morgan fingerprint density at radius 1 is 0.556 bits per heavy atom. The fourth-order valence-corrected chi connectivity index (χ4v) is 3.13. The number of ether oxygens (including phenoxy) is 3. The zero-order valence-electron chi connectivity index (χ0n) is 15.5. The highest BCUT2D eigenvalue weighted by atomic mass is 16.5. The summed E-state index contributed by atoms with van der Waals surface area (Å²) in [6.07, 6.45) is 4.42. The number of rotatable bonds is 6. The van der Waals surface area contributed by atoms with Gasteiger partial charge in [0.05, 0.1) is 14.2 Å². The van der Waals surface area contributed by atoms with Gasteiger partial charge in [-0.05, 0) is 25.7 Å². The molecule has 2 saturated heterocycles. The fraction of sp³-hybridized carbons (Fsp3) is 0.625. The van der Waals surface area contributed by atoms with Gasteiger partial charge in [0.15, 0.2) is 0 Å². The summed E-state index contributed by atoms with van der Waals surface area (Å²) in [5, 5.41) is 0. The third kappa shape index (κ3) is 3.91. The lowest BCUT2D eigenvalue weighted by Crippen LogP contribution is -2.22. The molecule has 11 heteroatoms. The van der Waals surface area contributed by atoms with Crippen molar-refractivity contribution >= 4 is 11.9 Å². The Morgan fingerprint density at radius 2 is 0.926 bits per heavy atom. The quantitative estimate of drug-likeness (QED) is 0.723. The van der Waals surface area contributed by atoms with Gasteiger partial charge >= 0.3 is 24.0 Å². The summed E-state index contributed by atoms with van der Waals surface area (Å²) in [6.45, 7) is 3.58. The first-order valence-electron chi connectivity index (χ1n) is 9.03. The minimum atomic E-state index is 0.0735. The molecule has 2 aliphatic heterocycles. The molecule has 4 rings (SSSR count). The van der Waals surface area contributed by atoms with Gasteiger partial charge in [0.2, 0.25) is 11.9 Å². The van der Waals surface area contributed by atoms with Crippen LogP contribution >= 0.6 is 0 Å². The molecule has 0 aromatic carbocycles. The molecule has 0 unspecified atom stereocenters. The van der Waals surface area contributed by atoms with Crippen LogP contribution < -0.4 is 24.0 Å². The molecule has 4 heterocycles. The molecule has 2 aliphatic rings. The van der Waals surface area contributed by atoms with Crippen molar-refractivity contribution in [2.24, 2.45) is 0 Å². The van der Waals surface area contributed by atoms with E-state index in [1.165, 1.54) is 14.2 Å². The average Bonchev–Trinajstić information content (AvgIpc) is 3.41. The zero-order valence-corrected chi connectivity index (χ0v) is 15.5. The SMILES string of the molecule is COc1nc(Oc2nc(OC)nc(N3CCCC3)n2)nc(N2CCCC2)n1. The molecule has 11 nitrogen and oxygen atoms in total. The van der Waals surface area contributed by atoms with Gasteiger partial charge in [-0.1, -0.05) is 0 Å². The van der Waals surface area contributed by atoms with Crippen LogP contribution in [-0.2, 0) is 0 Å². The molecule has 0 saturated carbocycles. The Morgan fingerprint density at radius 3 is 1.30 bits per heavy atom. The molecule has 0 atom stereocenters. The van der Waals surface area contributed by atoms with E-state index < -0.39 is 0 Å². The van der Waals surface area contributed by atoms with Crippen molar-refractivity contribution in [3.63, 3.8) is 0 Å². The third-order valence-electron chi connectivity index (χ3n) is 4.49. The van der Waals surface area contributed by atoms with E-state index in [2.05, 4.69) is 39.7 Å². The molecule has 144 valence electrons. The van der Waals surface area contributed by atoms with Crippen molar-refractivity contribution in [2.75, 3.05) is 50.2 Å². The molecular formula is C16H22N8O3. The van der Waals surface area contributed by atoms with Crippen LogP contribution in [0.15, 0.2) is 0 Å². The summed E-state index contributed by atoms with van der Waals surface area (Å²) in [5.41, 5.74) is 0. The Bertz CT molecular complexity index is 728. The van der Waals surface area contributed by atoms with E-state index in [0.29, 0.717) is 11.9 Å². The van der Waals surface area contributed by atoms with Crippen LogP contribution in [0, 0.1) is 0 Å². The molecule has 0 radical (unpaired) electrons. The lowest BCUT2D eigenvalue weighted by Gasteiger charge is -2.17. The van der Waals surface area contributed by atoms with Crippen LogP contribution in [0.5, 0.6) is 24.0 Å². The number of hydrogen-bond donors (Lipinski definition) is 0. The fourth-order valence-electron chi connectivity index (χ4n) is 3.13. The number of hydrogen-bond acceptors (Lipinski definition) is 11. The van der Waals surface area contributed by atoms with Crippen molar-refractivity contribution in [3.05, 3.63) is 0 Å². The molecule has 0 aliphatic carbocycles. The third-order valence-corrected chi connectivity index (χ3v) is 4.49. The summed E-state index contributed by atoms with van der Waals surface area (Å²) in [6, 6.07) is 0.513. The van der Waals surface area contributed by atoms with Crippen LogP contribution in [0.25, 0.3) is 0 Å². The minimum Gasteiger partial charge on any atom is -0.467 e. The number of aromatic nitrogens is 6. The lowest BCUT2D eigenvalue weighted by atomic mass is 10.4. The largest absolute Gasteiger partial charge is 0.467 e. The first-order chi connectivity index (χ1) is 13.2. The normalized spacial score (nSPS) is 16.7. The Kier molecular flexibility index (Phi) is 4.99. The molecular weight excluding hydrogens is 352 g/mol. The molecule has 0 N–H and O–H groups in total. The summed E-state index contributed by atoms with van der Waals surface area (Å²) < 4.78 is 16.1. The maximum Gasteiger partial charge on any atom is 0.332 e. The summed E-state index contributed by atoms with van der Waals surface area (Å²) in [7, 11) is 3.01. The van der Waals surface area contributed by atoms with Crippen molar-refractivity contribution in [3.8, 4) is 24.0 Å². The second-order valence-corrected chi connectivity index (χ2v) is 6.30. The van der Waals surface area contributed by atoms with Crippen LogP contribution in [0.4, 0.5) is 11.9 Å². The van der Waals surface area contributed by atoms with Gasteiger partial charge in [-0.2, -0.15) is 19.9 Å². The molecule has 27 heavy (non-hydrogen) atoms. The molecule has 2 aromatic heterocycles. The number of anilines is 2. The predicted octanol–water partition coefficient (Wildman–Crippen LogP) is 1.07. The number of methoxy groups -OCH3 is 2. The summed E-state index contributed by atoms with van der Waals surface area (Å²) in [4.78, 5) is 29.8. The smallest absolute Gasteiger partial charge is 0.332 e. The van der Waals surface area contributed by atoms with E-state index in [1.54, 1.807) is 0 Å². The highest BCUT2D eigenvalue weighted by Gasteiger charge is 2.21. The Labute approximate surface area is 156 Å². The van der Waals surface area contributed by atoms with Gasteiger partial charge in [0.25, 0.3) is 0 Å². The van der Waals surface area contributed by atoms with E-state index in [0.717, 1.165) is 51.9 Å². The Hall–Kier alpha value is -2.98. The summed E-state index contributed by atoms with van der Waals surface area (Å²) >= 11 is 0. The number of nitrogens with zero attached hydrogens (tertiary/aromatic N) is 8. The monoisotopic (exact) mass is 374 g/mol.